The van der Waals surface area contributed by atoms with Crippen LogP contribution in [0.1, 0.15) is 27.7 Å². The van der Waals surface area contributed by atoms with E-state index in [4.69, 9.17) is 4.74 Å². The molecule has 0 aliphatic carbocycles. The first kappa shape index (κ1) is 14.7. The second-order valence-electron chi connectivity index (χ2n) is 4.49. The summed E-state index contributed by atoms with van der Waals surface area (Å²) in [7, 11) is 1.24. The fourth-order valence-corrected chi connectivity index (χ4v) is 0.924. The molecule has 0 aromatic carbocycles. The summed E-state index contributed by atoms with van der Waals surface area (Å²) in [5.74, 6) is -1.11. The van der Waals surface area contributed by atoms with E-state index in [1.807, 2.05) is 0 Å². The van der Waals surface area contributed by atoms with Gasteiger partial charge in [-0.25, -0.2) is 4.79 Å². The van der Waals surface area contributed by atoms with Crippen molar-refractivity contribution in [3.8, 4) is 0 Å². The van der Waals surface area contributed by atoms with Gasteiger partial charge in [-0.2, -0.15) is 5.06 Å². The summed E-state index contributed by atoms with van der Waals surface area (Å²) >= 11 is 0. The van der Waals surface area contributed by atoms with Crippen molar-refractivity contribution in [2.24, 2.45) is 5.92 Å². The van der Waals surface area contributed by atoms with Crippen molar-refractivity contribution in [2.75, 3.05) is 13.7 Å². The topological polar surface area (TPSA) is 76.1 Å². The van der Waals surface area contributed by atoms with Crippen LogP contribution in [-0.4, -0.2) is 41.6 Å². The number of amides is 1. The standard InChI is InChI=1S/C10H19NO5/c1-7(8(12)15-5)6-11(14)9(13)16-10(2,3)4/h7,14H,6H2,1-5H3. The van der Waals surface area contributed by atoms with Crippen molar-refractivity contribution >= 4 is 12.1 Å². The van der Waals surface area contributed by atoms with Crippen molar-refractivity contribution in [3.63, 3.8) is 0 Å². The number of carbonyl (C=O) groups is 2. The van der Waals surface area contributed by atoms with E-state index in [1.165, 1.54) is 7.11 Å². The van der Waals surface area contributed by atoms with Crippen LogP contribution in [0.5, 0.6) is 0 Å². The Morgan fingerprint density at radius 2 is 1.88 bits per heavy atom. The molecule has 16 heavy (non-hydrogen) atoms. The fourth-order valence-electron chi connectivity index (χ4n) is 0.924. The van der Waals surface area contributed by atoms with Crippen LogP contribution in [0.3, 0.4) is 0 Å². The summed E-state index contributed by atoms with van der Waals surface area (Å²) in [5, 5.41) is 9.71. The van der Waals surface area contributed by atoms with Crippen LogP contribution in [0.4, 0.5) is 4.79 Å². The number of methoxy groups -OCH3 is 1. The number of hydroxylamine groups is 2. The minimum atomic E-state index is -0.886. The Hall–Kier alpha value is -1.30. The Morgan fingerprint density at radius 3 is 2.25 bits per heavy atom. The second kappa shape index (κ2) is 5.69. The van der Waals surface area contributed by atoms with Gasteiger partial charge in [0.05, 0.1) is 19.6 Å². The van der Waals surface area contributed by atoms with E-state index >= 15 is 0 Å². The van der Waals surface area contributed by atoms with E-state index in [-0.39, 0.29) is 6.54 Å². The van der Waals surface area contributed by atoms with Crippen LogP contribution in [0, 0.1) is 5.92 Å². The lowest BCUT2D eigenvalue weighted by Gasteiger charge is -2.24. The molecular weight excluding hydrogens is 214 g/mol. The number of esters is 1. The zero-order valence-electron chi connectivity index (χ0n) is 10.3. The normalized spacial score (nSPS) is 12.9. The Balaban J connectivity index is 4.21. The highest BCUT2D eigenvalue weighted by Crippen LogP contribution is 2.10. The van der Waals surface area contributed by atoms with Gasteiger partial charge in [0, 0.05) is 0 Å². The molecule has 0 aliphatic rings. The molecular formula is C10H19NO5. The molecule has 94 valence electrons. The maximum absolute atomic E-state index is 11.3. The lowest BCUT2D eigenvalue weighted by Crippen LogP contribution is -2.38. The van der Waals surface area contributed by atoms with Crippen molar-refractivity contribution in [3.05, 3.63) is 0 Å². The number of hydrogen-bond acceptors (Lipinski definition) is 5. The highest BCUT2D eigenvalue weighted by Gasteiger charge is 2.24. The van der Waals surface area contributed by atoms with Gasteiger partial charge in [0.25, 0.3) is 0 Å². The molecule has 0 saturated carbocycles. The largest absolute Gasteiger partial charge is 0.469 e. The van der Waals surface area contributed by atoms with Crippen molar-refractivity contribution < 1.29 is 24.3 Å². The van der Waals surface area contributed by atoms with Gasteiger partial charge >= 0.3 is 12.1 Å². The molecule has 0 aromatic heterocycles. The highest BCUT2D eigenvalue weighted by molar-refractivity contribution is 5.73. The molecule has 0 heterocycles. The van der Waals surface area contributed by atoms with Gasteiger partial charge in [-0.1, -0.05) is 6.92 Å². The van der Waals surface area contributed by atoms with Crippen molar-refractivity contribution in [1.29, 1.82) is 0 Å². The van der Waals surface area contributed by atoms with Gasteiger partial charge in [-0.05, 0) is 20.8 Å². The predicted octanol–water partition coefficient (Wildman–Crippen LogP) is 1.42. The molecule has 0 fully saturated rings. The van der Waals surface area contributed by atoms with E-state index in [1.54, 1.807) is 27.7 Å². The zero-order chi connectivity index (χ0) is 12.9. The lowest BCUT2D eigenvalue weighted by molar-refractivity contribution is -0.150. The molecule has 1 atom stereocenters. The molecule has 0 saturated heterocycles. The van der Waals surface area contributed by atoms with Gasteiger partial charge in [-0.15, -0.1) is 0 Å². The Kier molecular flexibility index (Phi) is 5.23. The minimum absolute atomic E-state index is 0.165. The molecule has 0 aromatic rings. The van der Waals surface area contributed by atoms with Gasteiger partial charge in [-0.3, -0.25) is 10.0 Å². The molecule has 1 unspecified atom stereocenters. The zero-order valence-corrected chi connectivity index (χ0v) is 10.3. The lowest BCUT2D eigenvalue weighted by atomic mass is 10.2. The highest BCUT2D eigenvalue weighted by atomic mass is 16.6. The van der Waals surface area contributed by atoms with E-state index in [9.17, 15) is 14.8 Å². The number of hydrogen-bond donors (Lipinski definition) is 1. The van der Waals surface area contributed by atoms with Crippen LogP contribution < -0.4 is 0 Å². The molecule has 0 rings (SSSR count). The van der Waals surface area contributed by atoms with Gasteiger partial charge < -0.3 is 9.47 Å². The Morgan fingerprint density at radius 1 is 1.38 bits per heavy atom. The van der Waals surface area contributed by atoms with Gasteiger partial charge in [0.15, 0.2) is 0 Å². The quantitative estimate of drug-likeness (QED) is 0.453. The summed E-state index contributed by atoms with van der Waals surface area (Å²) in [6, 6.07) is 0. The van der Waals surface area contributed by atoms with Crippen LogP contribution in [0.25, 0.3) is 0 Å². The maximum Gasteiger partial charge on any atom is 0.434 e. The number of nitrogens with zero attached hydrogens (tertiary/aromatic N) is 1. The average Bonchev–Trinajstić information content (AvgIpc) is 2.13. The van der Waals surface area contributed by atoms with E-state index in [2.05, 4.69) is 4.74 Å². The summed E-state index contributed by atoms with van der Waals surface area (Å²) in [4.78, 5) is 22.3. The van der Waals surface area contributed by atoms with Crippen LogP contribution in [0.15, 0.2) is 0 Å². The first-order chi connectivity index (χ1) is 7.17. The molecule has 0 radical (unpaired) electrons. The van der Waals surface area contributed by atoms with Crippen molar-refractivity contribution in [1.82, 2.24) is 5.06 Å². The third-order valence-electron chi connectivity index (χ3n) is 1.65. The first-order valence-corrected chi connectivity index (χ1v) is 4.94. The Bertz CT molecular complexity index is 258. The fraction of sp³-hybridized carbons (Fsp3) is 0.800. The van der Waals surface area contributed by atoms with Crippen LogP contribution in [0.2, 0.25) is 0 Å². The first-order valence-electron chi connectivity index (χ1n) is 4.94. The molecule has 1 amide bonds. The van der Waals surface area contributed by atoms with Gasteiger partial charge in [0.2, 0.25) is 0 Å². The SMILES string of the molecule is COC(=O)C(C)CN(O)C(=O)OC(C)(C)C. The van der Waals surface area contributed by atoms with Crippen molar-refractivity contribution in [2.45, 2.75) is 33.3 Å². The number of rotatable bonds is 3. The predicted molar refractivity (Wildman–Crippen MR) is 55.9 cm³/mol. The third-order valence-corrected chi connectivity index (χ3v) is 1.65. The molecule has 6 heteroatoms. The number of carbonyl (C=O) groups excluding carboxylic acids is 2. The Labute approximate surface area is 95.1 Å². The molecule has 0 aliphatic heterocycles. The van der Waals surface area contributed by atoms with E-state index in [0.717, 1.165) is 0 Å². The molecule has 0 spiro atoms. The second-order valence-corrected chi connectivity index (χ2v) is 4.49. The van der Waals surface area contributed by atoms with E-state index in [0.29, 0.717) is 5.06 Å². The number of ether oxygens (including phenoxy) is 2. The summed E-state index contributed by atoms with van der Waals surface area (Å²) in [6.07, 6.45) is -0.886. The summed E-state index contributed by atoms with van der Waals surface area (Å²) < 4.78 is 9.36. The molecule has 6 nitrogen and oxygen atoms in total. The van der Waals surface area contributed by atoms with E-state index < -0.39 is 23.6 Å². The summed E-state index contributed by atoms with van der Waals surface area (Å²) in [5.41, 5.74) is -0.688. The summed E-state index contributed by atoms with van der Waals surface area (Å²) in [6.45, 7) is 6.43. The monoisotopic (exact) mass is 233 g/mol. The molecule has 1 N–H and O–H groups in total. The minimum Gasteiger partial charge on any atom is -0.469 e. The maximum atomic E-state index is 11.3. The molecule has 0 bridgehead atoms. The van der Waals surface area contributed by atoms with Gasteiger partial charge in [0.1, 0.15) is 5.60 Å². The average molecular weight is 233 g/mol. The van der Waals surface area contributed by atoms with Crippen LogP contribution in [-0.2, 0) is 14.3 Å². The smallest absolute Gasteiger partial charge is 0.434 e. The third kappa shape index (κ3) is 5.55. The van der Waals surface area contributed by atoms with Crippen LogP contribution >= 0.6 is 0 Å².